The third-order valence-electron chi connectivity index (χ3n) is 4.07. The lowest BCUT2D eigenvalue weighted by atomic mass is 10.2. The molecule has 1 aliphatic heterocycles. The SMILES string of the molecule is CCCNC(=NCC(=O)N(C)C)N1CCN(c2ccncc2Cl)CC1.I. The summed E-state index contributed by atoms with van der Waals surface area (Å²) in [5, 5.41) is 4.02. The highest BCUT2D eigenvalue weighted by molar-refractivity contribution is 14.0. The van der Waals surface area contributed by atoms with E-state index < -0.39 is 0 Å². The monoisotopic (exact) mass is 494 g/mol. The number of aromatic nitrogens is 1. The Morgan fingerprint density at radius 3 is 2.62 bits per heavy atom. The van der Waals surface area contributed by atoms with Crippen molar-refractivity contribution in [1.29, 1.82) is 0 Å². The van der Waals surface area contributed by atoms with Gasteiger partial charge in [0.25, 0.3) is 0 Å². The minimum Gasteiger partial charge on any atom is -0.367 e. The van der Waals surface area contributed by atoms with Gasteiger partial charge in [-0.2, -0.15) is 0 Å². The summed E-state index contributed by atoms with van der Waals surface area (Å²) in [6.45, 7) is 6.45. The number of guanidine groups is 1. The highest BCUT2D eigenvalue weighted by Gasteiger charge is 2.21. The normalized spacial score (nSPS) is 14.7. The lowest BCUT2D eigenvalue weighted by Gasteiger charge is -2.38. The van der Waals surface area contributed by atoms with Crippen LogP contribution in [0.5, 0.6) is 0 Å². The first-order valence-corrected chi connectivity index (χ1v) is 8.98. The van der Waals surface area contributed by atoms with Gasteiger partial charge in [-0.3, -0.25) is 9.78 Å². The quantitative estimate of drug-likeness (QED) is 0.385. The van der Waals surface area contributed by atoms with Crippen LogP contribution < -0.4 is 10.2 Å². The van der Waals surface area contributed by atoms with Crippen LogP contribution in [-0.2, 0) is 4.79 Å². The molecule has 1 amide bonds. The Balaban J connectivity index is 0.00000338. The van der Waals surface area contributed by atoms with Crippen molar-refractivity contribution in [2.24, 2.45) is 4.99 Å². The van der Waals surface area contributed by atoms with E-state index in [-0.39, 0.29) is 36.4 Å². The summed E-state index contributed by atoms with van der Waals surface area (Å²) in [6.07, 6.45) is 4.44. The Hall–Kier alpha value is -1.29. The van der Waals surface area contributed by atoms with Crippen molar-refractivity contribution < 1.29 is 4.79 Å². The number of likely N-dealkylation sites (N-methyl/N-ethyl adjacent to an activating group) is 1. The second-order valence-electron chi connectivity index (χ2n) is 6.16. The van der Waals surface area contributed by atoms with E-state index in [9.17, 15) is 4.79 Å². The first kappa shape index (κ1) is 22.8. The molecule has 1 saturated heterocycles. The van der Waals surface area contributed by atoms with Gasteiger partial charge in [0.15, 0.2) is 5.96 Å². The smallest absolute Gasteiger partial charge is 0.243 e. The molecule has 0 atom stereocenters. The number of pyridine rings is 1. The van der Waals surface area contributed by atoms with Gasteiger partial charge in [0.1, 0.15) is 6.54 Å². The van der Waals surface area contributed by atoms with Gasteiger partial charge >= 0.3 is 0 Å². The molecule has 1 fully saturated rings. The largest absolute Gasteiger partial charge is 0.367 e. The molecule has 0 bridgehead atoms. The van der Waals surface area contributed by atoms with Crippen LogP contribution in [0, 0.1) is 0 Å². The fourth-order valence-corrected chi connectivity index (χ4v) is 2.81. The zero-order valence-corrected chi connectivity index (χ0v) is 18.7. The minimum atomic E-state index is -0.00185. The summed E-state index contributed by atoms with van der Waals surface area (Å²) < 4.78 is 0. The Kier molecular flexibility index (Phi) is 10.0. The molecule has 26 heavy (non-hydrogen) atoms. The van der Waals surface area contributed by atoms with E-state index >= 15 is 0 Å². The van der Waals surface area contributed by atoms with Crippen LogP contribution in [0.4, 0.5) is 5.69 Å². The molecule has 0 spiro atoms. The average molecular weight is 495 g/mol. The van der Waals surface area contributed by atoms with E-state index in [0.29, 0.717) is 5.02 Å². The van der Waals surface area contributed by atoms with E-state index in [2.05, 4.69) is 32.0 Å². The lowest BCUT2D eigenvalue weighted by molar-refractivity contribution is -0.127. The molecule has 2 heterocycles. The summed E-state index contributed by atoms with van der Waals surface area (Å²) in [5.41, 5.74) is 1.01. The van der Waals surface area contributed by atoms with Crippen molar-refractivity contribution in [3.05, 3.63) is 23.5 Å². The first-order chi connectivity index (χ1) is 12.0. The van der Waals surface area contributed by atoms with Gasteiger partial charge in [-0.15, -0.1) is 24.0 Å². The fourth-order valence-electron chi connectivity index (χ4n) is 2.57. The molecule has 7 nitrogen and oxygen atoms in total. The van der Waals surface area contributed by atoms with Crippen LogP contribution in [0.25, 0.3) is 0 Å². The fraction of sp³-hybridized carbons (Fsp3) is 0.588. The molecule has 1 aliphatic rings. The van der Waals surface area contributed by atoms with Crippen LogP contribution in [-0.4, -0.2) is 80.0 Å². The average Bonchev–Trinajstić information content (AvgIpc) is 2.62. The number of rotatable bonds is 5. The van der Waals surface area contributed by atoms with Gasteiger partial charge in [0.2, 0.25) is 5.91 Å². The van der Waals surface area contributed by atoms with Crippen molar-refractivity contribution in [2.45, 2.75) is 13.3 Å². The zero-order chi connectivity index (χ0) is 18.2. The third kappa shape index (κ3) is 6.46. The number of nitrogens with zero attached hydrogens (tertiary/aromatic N) is 5. The van der Waals surface area contributed by atoms with E-state index in [1.165, 1.54) is 0 Å². The summed E-state index contributed by atoms with van der Waals surface area (Å²) in [5.74, 6) is 0.801. The molecular formula is C17H28ClIN6O. The van der Waals surface area contributed by atoms with Gasteiger partial charge in [-0.25, -0.2) is 4.99 Å². The van der Waals surface area contributed by atoms with Crippen LogP contribution in [0.15, 0.2) is 23.5 Å². The van der Waals surface area contributed by atoms with Crippen LogP contribution in [0.3, 0.4) is 0 Å². The number of anilines is 1. The van der Waals surface area contributed by atoms with E-state index in [1.807, 2.05) is 6.07 Å². The van der Waals surface area contributed by atoms with Gasteiger partial charge < -0.3 is 20.0 Å². The van der Waals surface area contributed by atoms with Crippen molar-refractivity contribution in [2.75, 3.05) is 58.3 Å². The molecule has 9 heteroatoms. The second-order valence-corrected chi connectivity index (χ2v) is 6.56. The maximum atomic E-state index is 11.8. The van der Waals surface area contributed by atoms with Gasteiger partial charge in [0, 0.05) is 59.2 Å². The molecule has 0 aliphatic carbocycles. The molecule has 146 valence electrons. The first-order valence-electron chi connectivity index (χ1n) is 8.60. The van der Waals surface area contributed by atoms with Gasteiger partial charge in [-0.1, -0.05) is 18.5 Å². The number of nitrogens with one attached hydrogen (secondary N) is 1. The van der Waals surface area contributed by atoms with Crippen LogP contribution in [0.1, 0.15) is 13.3 Å². The Labute approximate surface area is 177 Å². The molecule has 1 aromatic rings. The molecule has 0 saturated carbocycles. The van der Waals surface area contributed by atoms with Crippen molar-refractivity contribution >= 4 is 53.1 Å². The number of piperazine rings is 1. The Morgan fingerprint density at radius 1 is 1.35 bits per heavy atom. The van der Waals surface area contributed by atoms with Crippen molar-refractivity contribution in [3.63, 3.8) is 0 Å². The summed E-state index contributed by atoms with van der Waals surface area (Å²) >= 11 is 6.24. The Bertz CT molecular complexity index is 605. The molecule has 0 aromatic carbocycles. The number of halogens is 2. The molecule has 0 radical (unpaired) electrons. The summed E-state index contributed by atoms with van der Waals surface area (Å²) in [6, 6.07) is 1.94. The number of hydrogen-bond donors (Lipinski definition) is 1. The number of amides is 1. The number of carbonyl (C=O) groups is 1. The summed E-state index contributed by atoms with van der Waals surface area (Å²) in [7, 11) is 3.49. The lowest BCUT2D eigenvalue weighted by Crippen LogP contribution is -2.53. The molecule has 1 N–H and O–H groups in total. The van der Waals surface area contributed by atoms with E-state index in [1.54, 1.807) is 31.4 Å². The minimum absolute atomic E-state index is 0. The van der Waals surface area contributed by atoms with Crippen molar-refractivity contribution in [1.82, 2.24) is 20.1 Å². The van der Waals surface area contributed by atoms with E-state index in [4.69, 9.17) is 11.6 Å². The Morgan fingerprint density at radius 2 is 2.04 bits per heavy atom. The number of aliphatic imine (C=N–C) groups is 1. The molecule has 2 rings (SSSR count). The van der Waals surface area contributed by atoms with E-state index in [0.717, 1.165) is 50.8 Å². The highest BCUT2D eigenvalue weighted by Crippen LogP contribution is 2.25. The molecule has 0 unspecified atom stereocenters. The van der Waals surface area contributed by atoms with Crippen LogP contribution >= 0.6 is 35.6 Å². The predicted molar refractivity (Wildman–Crippen MR) is 118 cm³/mol. The third-order valence-corrected chi connectivity index (χ3v) is 4.36. The summed E-state index contributed by atoms with van der Waals surface area (Å²) in [4.78, 5) is 26.4. The van der Waals surface area contributed by atoms with Crippen LogP contribution in [0.2, 0.25) is 5.02 Å². The maximum absolute atomic E-state index is 11.8. The highest BCUT2D eigenvalue weighted by atomic mass is 127. The number of carbonyl (C=O) groups excluding carboxylic acids is 1. The zero-order valence-electron chi connectivity index (χ0n) is 15.6. The second kappa shape index (κ2) is 11.4. The maximum Gasteiger partial charge on any atom is 0.243 e. The standard InChI is InChI=1S/C17H27ClN6O.HI/c1-4-6-20-17(21-13-16(25)22(2)3)24-10-8-23(9-11-24)15-5-7-19-12-14(15)18;/h5,7,12H,4,6,8-11,13H2,1-3H3,(H,20,21);1H. The van der Waals surface area contributed by atoms with Gasteiger partial charge in [0.05, 0.1) is 10.7 Å². The number of hydrogen-bond acceptors (Lipinski definition) is 4. The molecule has 1 aromatic heterocycles. The molecular weight excluding hydrogens is 467 g/mol. The van der Waals surface area contributed by atoms with Crippen molar-refractivity contribution in [3.8, 4) is 0 Å². The van der Waals surface area contributed by atoms with Gasteiger partial charge in [-0.05, 0) is 12.5 Å². The predicted octanol–water partition coefficient (Wildman–Crippen LogP) is 1.92. The topological polar surface area (TPSA) is 64.1 Å².